The third-order valence-electron chi connectivity index (χ3n) is 4.20. The molecule has 2 N–H and O–H groups in total. The lowest BCUT2D eigenvalue weighted by Gasteiger charge is -2.34. The molecule has 21 heavy (non-hydrogen) atoms. The first kappa shape index (κ1) is 16.0. The summed E-state index contributed by atoms with van der Waals surface area (Å²) in [6, 6.07) is -0.628. The number of amides is 2. The zero-order chi connectivity index (χ0) is 15.6. The summed E-state index contributed by atoms with van der Waals surface area (Å²) >= 11 is 0. The summed E-state index contributed by atoms with van der Waals surface area (Å²) in [5.41, 5.74) is -0.855. The maximum atomic E-state index is 12.7. The molecule has 0 spiro atoms. The van der Waals surface area contributed by atoms with Gasteiger partial charge in [-0.2, -0.15) is 0 Å². The van der Waals surface area contributed by atoms with E-state index in [4.69, 9.17) is 4.74 Å². The van der Waals surface area contributed by atoms with Gasteiger partial charge in [0, 0.05) is 13.1 Å². The number of hydrogen-bond donors (Lipinski definition) is 2. The molecule has 3 unspecified atom stereocenters. The van der Waals surface area contributed by atoms with Crippen LogP contribution >= 0.6 is 0 Å². The van der Waals surface area contributed by atoms with Crippen LogP contribution in [0.25, 0.3) is 0 Å². The standard InChI is InChI=1S/C14H24N2O5/c1-3-5-16(11-8-21-7-10(11)12(17)18)13(19)15-6-4-14(2,20)9-15/h10-11,20H,3-9H2,1-2H3,(H,17,18). The van der Waals surface area contributed by atoms with Gasteiger partial charge in [-0.05, 0) is 19.8 Å². The second kappa shape index (κ2) is 6.19. The van der Waals surface area contributed by atoms with Crippen LogP contribution in [-0.4, -0.2) is 76.5 Å². The van der Waals surface area contributed by atoms with Crippen molar-refractivity contribution in [2.45, 2.75) is 38.3 Å². The molecule has 0 aliphatic carbocycles. The molecule has 2 heterocycles. The Hall–Kier alpha value is -1.34. The molecule has 0 radical (unpaired) electrons. The number of carbonyl (C=O) groups is 2. The molecule has 0 aromatic rings. The molecule has 2 amide bonds. The van der Waals surface area contributed by atoms with Gasteiger partial charge in [-0.25, -0.2) is 4.79 Å². The van der Waals surface area contributed by atoms with Gasteiger partial charge in [-0.1, -0.05) is 6.92 Å². The van der Waals surface area contributed by atoms with Gasteiger partial charge < -0.3 is 24.7 Å². The van der Waals surface area contributed by atoms with Gasteiger partial charge in [0.25, 0.3) is 0 Å². The zero-order valence-corrected chi connectivity index (χ0v) is 12.6. The minimum atomic E-state index is -0.931. The second-order valence-corrected chi connectivity index (χ2v) is 6.19. The number of rotatable bonds is 4. The van der Waals surface area contributed by atoms with Crippen molar-refractivity contribution in [1.82, 2.24) is 9.80 Å². The van der Waals surface area contributed by atoms with Crippen LogP contribution in [0, 0.1) is 5.92 Å². The van der Waals surface area contributed by atoms with Crippen molar-refractivity contribution in [2.75, 3.05) is 32.8 Å². The lowest BCUT2D eigenvalue weighted by molar-refractivity contribution is -0.142. The van der Waals surface area contributed by atoms with E-state index in [1.807, 2.05) is 6.92 Å². The number of β-amino-alcohol motifs (C(OH)–C–C–N with tert-alkyl or cyclic N) is 1. The van der Waals surface area contributed by atoms with Crippen LogP contribution in [0.4, 0.5) is 4.79 Å². The highest BCUT2D eigenvalue weighted by Gasteiger charge is 2.43. The van der Waals surface area contributed by atoms with E-state index in [0.29, 0.717) is 19.5 Å². The van der Waals surface area contributed by atoms with Gasteiger partial charge in [0.15, 0.2) is 0 Å². The molecular formula is C14H24N2O5. The Kier molecular flexibility index (Phi) is 4.73. The van der Waals surface area contributed by atoms with E-state index < -0.39 is 23.5 Å². The van der Waals surface area contributed by atoms with E-state index in [2.05, 4.69) is 0 Å². The second-order valence-electron chi connectivity index (χ2n) is 6.19. The van der Waals surface area contributed by atoms with Gasteiger partial charge in [0.1, 0.15) is 5.92 Å². The summed E-state index contributed by atoms with van der Waals surface area (Å²) in [5.74, 6) is -1.61. The maximum Gasteiger partial charge on any atom is 0.320 e. The zero-order valence-electron chi connectivity index (χ0n) is 12.6. The highest BCUT2D eigenvalue weighted by molar-refractivity contribution is 5.77. The van der Waals surface area contributed by atoms with Crippen LogP contribution < -0.4 is 0 Å². The first-order valence-electron chi connectivity index (χ1n) is 7.44. The first-order chi connectivity index (χ1) is 9.85. The fraction of sp³-hybridized carbons (Fsp3) is 0.857. The van der Waals surface area contributed by atoms with Crippen molar-refractivity contribution >= 4 is 12.0 Å². The Morgan fingerprint density at radius 1 is 1.43 bits per heavy atom. The number of carboxylic acid groups (broad SMARTS) is 1. The summed E-state index contributed by atoms with van der Waals surface area (Å²) in [7, 11) is 0. The average Bonchev–Trinajstić information content (AvgIpc) is 3.01. The van der Waals surface area contributed by atoms with E-state index in [1.165, 1.54) is 0 Å². The smallest absolute Gasteiger partial charge is 0.320 e. The van der Waals surface area contributed by atoms with Crippen LogP contribution in [0.1, 0.15) is 26.7 Å². The molecular weight excluding hydrogens is 276 g/mol. The van der Waals surface area contributed by atoms with Gasteiger partial charge >= 0.3 is 12.0 Å². The number of likely N-dealkylation sites (tertiary alicyclic amines) is 1. The third-order valence-corrected chi connectivity index (χ3v) is 4.20. The van der Waals surface area contributed by atoms with Gasteiger partial charge in [0.05, 0.1) is 31.4 Å². The Morgan fingerprint density at radius 2 is 2.14 bits per heavy atom. The number of urea groups is 1. The van der Waals surface area contributed by atoms with Crippen molar-refractivity contribution in [3.8, 4) is 0 Å². The molecule has 0 aromatic carbocycles. The van der Waals surface area contributed by atoms with Gasteiger partial charge in [0.2, 0.25) is 0 Å². The summed E-state index contributed by atoms with van der Waals surface area (Å²) in [6.07, 6.45) is 1.29. The van der Waals surface area contributed by atoms with Crippen molar-refractivity contribution in [1.29, 1.82) is 0 Å². The normalized spacial score (nSPS) is 32.4. The summed E-state index contributed by atoms with van der Waals surface area (Å²) in [6.45, 7) is 5.34. The minimum Gasteiger partial charge on any atom is -0.481 e. The number of aliphatic hydroxyl groups is 1. The SMILES string of the molecule is CCCN(C(=O)N1CCC(C)(O)C1)C1COCC1C(=O)O. The lowest BCUT2D eigenvalue weighted by Crippen LogP contribution is -2.52. The molecule has 0 aromatic heterocycles. The quantitative estimate of drug-likeness (QED) is 0.783. The molecule has 0 bridgehead atoms. The Labute approximate surface area is 124 Å². The van der Waals surface area contributed by atoms with Crippen molar-refractivity contribution in [2.24, 2.45) is 5.92 Å². The molecule has 0 saturated carbocycles. The Bertz CT molecular complexity index is 412. The molecule has 2 saturated heterocycles. The highest BCUT2D eigenvalue weighted by Crippen LogP contribution is 2.25. The molecule has 120 valence electrons. The number of carboxylic acids is 1. The lowest BCUT2D eigenvalue weighted by atomic mass is 10.0. The van der Waals surface area contributed by atoms with E-state index in [-0.39, 0.29) is 25.8 Å². The topological polar surface area (TPSA) is 90.3 Å². The molecule has 2 aliphatic rings. The van der Waals surface area contributed by atoms with Gasteiger partial charge in [-0.15, -0.1) is 0 Å². The molecule has 2 rings (SSSR count). The average molecular weight is 300 g/mol. The molecule has 7 nitrogen and oxygen atoms in total. The summed E-state index contributed by atoms with van der Waals surface area (Å²) in [4.78, 5) is 27.2. The predicted molar refractivity (Wildman–Crippen MR) is 74.9 cm³/mol. The highest BCUT2D eigenvalue weighted by atomic mass is 16.5. The maximum absolute atomic E-state index is 12.7. The van der Waals surface area contributed by atoms with Crippen LogP contribution in [0.5, 0.6) is 0 Å². The monoisotopic (exact) mass is 300 g/mol. The molecule has 7 heteroatoms. The van der Waals surface area contributed by atoms with Crippen LogP contribution in [0.3, 0.4) is 0 Å². The van der Waals surface area contributed by atoms with E-state index in [0.717, 1.165) is 6.42 Å². The number of ether oxygens (including phenoxy) is 1. The Balaban J connectivity index is 2.11. The first-order valence-corrected chi connectivity index (χ1v) is 7.44. The van der Waals surface area contributed by atoms with Crippen LogP contribution in [-0.2, 0) is 9.53 Å². The van der Waals surface area contributed by atoms with E-state index in [1.54, 1.807) is 16.7 Å². The largest absolute Gasteiger partial charge is 0.481 e. The number of nitrogens with zero attached hydrogens (tertiary/aromatic N) is 2. The van der Waals surface area contributed by atoms with Crippen molar-refractivity contribution in [3.63, 3.8) is 0 Å². The number of carbonyl (C=O) groups excluding carboxylic acids is 1. The molecule has 2 fully saturated rings. The number of hydrogen-bond acceptors (Lipinski definition) is 4. The minimum absolute atomic E-state index is 0.144. The molecule has 3 atom stereocenters. The van der Waals surface area contributed by atoms with Crippen molar-refractivity contribution < 1.29 is 24.5 Å². The fourth-order valence-electron chi connectivity index (χ4n) is 3.02. The predicted octanol–water partition coefficient (Wildman–Crippen LogP) is 0.375. The molecule has 2 aliphatic heterocycles. The van der Waals surface area contributed by atoms with Gasteiger partial charge in [-0.3, -0.25) is 4.79 Å². The Morgan fingerprint density at radius 3 is 2.67 bits per heavy atom. The van der Waals surface area contributed by atoms with Crippen LogP contribution in [0.2, 0.25) is 0 Å². The third kappa shape index (κ3) is 3.47. The fourth-order valence-corrected chi connectivity index (χ4v) is 3.02. The van der Waals surface area contributed by atoms with Crippen LogP contribution in [0.15, 0.2) is 0 Å². The number of aliphatic carboxylic acids is 1. The van der Waals surface area contributed by atoms with E-state index in [9.17, 15) is 19.8 Å². The summed E-state index contributed by atoms with van der Waals surface area (Å²) in [5, 5.41) is 19.3. The van der Waals surface area contributed by atoms with E-state index >= 15 is 0 Å². The van der Waals surface area contributed by atoms with Crippen molar-refractivity contribution in [3.05, 3.63) is 0 Å². The summed E-state index contributed by atoms with van der Waals surface area (Å²) < 4.78 is 5.27.